The van der Waals surface area contributed by atoms with Crippen LogP contribution in [0.25, 0.3) is 0 Å². The van der Waals surface area contributed by atoms with Crippen molar-refractivity contribution in [3.05, 3.63) is 0 Å². The number of hydrogen-bond acceptors (Lipinski definition) is 6. The van der Waals surface area contributed by atoms with Crippen molar-refractivity contribution in [2.75, 3.05) is 44.4 Å². The number of hydrogen-bond donors (Lipinski definition) is 1. The minimum Gasteiger partial charge on any atom is -0.367 e. The van der Waals surface area contributed by atoms with Crippen molar-refractivity contribution in [3.63, 3.8) is 0 Å². The van der Waals surface area contributed by atoms with Gasteiger partial charge >= 0.3 is 0 Å². The molecule has 0 amide bonds. The van der Waals surface area contributed by atoms with E-state index in [1.54, 1.807) is 0 Å². The van der Waals surface area contributed by atoms with Crippen molar-refractivity contribution in [2.24, 2.45) is 5.92 Å². The Balaban J connectivity index is 2.63. The van der Waals surface area contributed by atoms with Crippen molar-refractivity contribution >= 4 is 22.6 Å². The number of anilines is 2. The van der Waals surface area contributed by atoms with E-state index >= 15 is 0 Å². The van der Waals surface area contributed by atoms with Gasteiger partial charge in [0.15, 0.2) is 0 Å². The van der Waals surface area contributed by atoms with Crippen LogP contribution in [0.3, 0.4) is 0 Å². The third-order valence-electron chi connectivity index (χ3n) is 2.10. The lowest BCUT2D eigenvalue weighted by atomic mass is 10.2. The molecule has 0 atom stereocenters. The van der Waals surface area contributed by atoms with Gasteiger partial charge < -0.3 is 15.5 Å². The molecule has 92 valence electrons. The Labute approximate surface area is 101 Å². The second kappa shape index (κ2) is 6.00. The van der Waals surface area contributed by atoms with Gasteiger partial charge in [-0.25, -0.2) is 0 Å². The maximum absolute atomic E-state index is 5.55. The quantitative estimate of drug-likeness (QED) is 0.812. The van der Waals surface area contributed by atoms with Crippen molar-refractivity contribution in [1.29, 1.82) is 0 Å². The summed E-state index contributed by atoms with van der Waals surface area (Å²) in [5.74, 6) is 0.978. The average molecular weight is 243 g/mol. The summed E-state index contributed by atoms with van der Waals surface area (Å²) in [6.07, 6.45) is 0. The molecule has 0 aliphatic carbocycles. The second-order valence-electron chi connectivity index (χ2n) is 4.58. The van der Waals surface area contributed by atoms with Crippen LogP contribution in [0.4, 0.5) is 11.1 Å². The van der Waals surface area contributed by atoms with Crippen LogP contribution in [-0.4, -0.2) is 48.0 Å². The lowest BCUT2D eigenvalue weighted by Crippen LogP contribution is -2.34. The number of nitrogens with two attached hydrogens (primary N) is 1. The van der Waals surface area contributed by atoms with Gasteiger partial charge in [-0.2, -0.15) is 9.36 Å². The zero-order valence-electron chi connectivity index (χ0n) is 10.5. The molecule has 1 aromatic heterocycles. The van der Waals surface area contributed by atoms with Gasteiger partial charge in [-0.3, -0.25) is 0 Å². The molecule has 0 aromatic carbocycles. The Morgan fingerprint density at radius 2 is 2.00 bits per heavy atom. The van der Waals surface area contributed by atoms with Gasteiger partial charge in [0.1, 0.15) is 0 Å². The minimum atomic E-state index is 0.374. The van der Waals surface area contributed by atoms with Gasteiger partial charge in [0.05, 0.1) is 0 Å². The molecule has 1 aromatic rings. The standard InChI is InChI=1S/C10H21N5S/c1-8(2)7-15(6-5-14(3)4)10-12-9(11)13-16-10/h8H,5-7H2,1-4H3,(H2,11,13). The van der Waals surface area contributed by atoms with Gasteiger partial charge in [-0.1, -0.05) is 13.8 Å². The fourth-order valence-corrected chi connectivity index (χ4v) is 2.01. The molecule has 0 saturated carbocycles. The van der Waals surface area contributed by atoms with Gasteiger partial charge in [0.25, 0.3) is 0 Å². The average Bonchev–Trinajstić information content (AvgIpc) is 2.58. The molecular weight excluding hydrogens is 222 g/mol. The highest BCUT2D eigenvalue weighted by molar-refractivity contribution is 7.09. The Hall–Kier alpha value is -0.880. The van der Waals surface area contributed by atoms with Crippen molar-refractivity contribution in [2.45, 2.75) is 13.8 Å². The molecule has 0 bridgehead atoms. The summed E-state index contributed by atoms with van der Waals surface area (Å²) in [4.78, 5) is 8.65. The third kappa shape index (κ3) is 4.32. The summed E-state index contributed by atoms with van der Waals surface area (Å²) in [5, 5.41) is 0.924. The van der Waals surface area contributed by atoms with E-state index in [-0.39, 0.29) is 0 Å². The fraction of sp³-hybridized carbons (Fsp3) is 0.800. The monoisotopic (exact) mass is 243 g/mol. The van der Waals surface area contributed by atoms with Crippen LogP contribution in [0, 0.1) is 5.92 Å². The summed E-state index contributed by atoms with van der Waals surface area (Å²) >= 11 is 1.37. The topological polar surface area (TPSA) is 58.3 Å². The fourth-order valence-electron chi connectivity index (χ4n) is 1.38. The number of nitrogen functional groups attached to an aromatic ring is 1. The molecule has 1 heterocycles. The molecule has 0 spiro atoms. The lowest BCUT2D eigenvalue weighted by molar-refractivity contribution is 0.409. The minimum absolute atomic E-state index is 0.374. The highest BCUT2D eigenvalue weighted by Gasteiger charge is 2.13. The first-order valence-corrected chi connectivity index (χ1v) is 6.25. The number of rotatable bonds is 6. The first kappa shape index (κ1) is 13.2. The molecule has 6 heteroatoms. The van der Waals surface area contributed by atoms with E-state index in [2.05, 4.69) is 47.1 Å². The summed E-state index contributed by atoms with van der Waals surface area (Å²) in [6, 6.07) is 0. The number of aromatic nitrogens is 2. The molecule has 0 unspecified atom stereocenters. The molecule has 0 fully saturated rings. The van der Waals surface area contributed by atoms with Crippen molar-refractivity contribution in [3.8, 4) is 0 Å². The second-order valence-corrected chi connectivity index (χ2v) is 5.31. The van der Waals surface area contributed by atoms with Crippen LogP contribution in [0.2, 0.25) is 0 Å². The molecule has 1 rings (SSSR count). The van der Waals surface area contributed by atoms with E-state index < -0.39 is 0 Å². The molecule has 16 heavy (non-hydrogen) atoms. The van der Waals surface area contributed by atoms with Gasteiger partial charge in [-0.05, 0) is 20.0 Å². The SMILES string of the molecule is CC(C)CN(CCN(C)C)c1nc(N)ns1. The summed E-state index contributed by atoms with van der Waals surface area (Å²) in [7, 11) is 4.14. The molecule has 0 aliphatic rings. The maximum atomic E-state index is 5.55. The Morgan fingerprint density at radius 1 is 1.31 bits per heavy atom. The van der Waals surface area contributed by atoms with Gasteiger partial charge in [0.2, 0.25) is 11.1 Å². The largest absolute Gasteiger partial charge is 0.367 e. The predicted octanol–water partition coefficient (Wildman–Crippen LogP) is 1.14. The number of nitrogens with zero attached hydrogens (tertiary/aromatic N) is 4. The molecule has 0 saturated heterocycles. The van der Waals surface area contributed by atoms with Crippen LogP contribution >= 0.6 is 11.5 Å². The Bertz CT molecular complexity index is 310. The molecule has 2 N–H and O–H groups in total. The van der Waals surface area contributed by atoms with Crippen LogP contribution in [0.15, 0.2) is 0 Å². The molecule has 5 nitrogen and oxygen atoms in total. The zero-order chi connectivity index (χ0) is 12.1. The Morgan fingerprint density at radius 3 is 2.44 bits per heavy atom. The molecule has 0 radical (unpaired) electrons. The van der Waals surface area contributed by atoms with Gasteiger partial charge in [0, 0.05) is 31.2 Å². The summed E-state index contributed by atoms with van der Waals surface area (Å²) < 4.78 is 4.02. The van der Waals surface area contributed by atoms with Gasteiger partial charge in [-0.15, -0.1) is 0 Å². The van der Waals surface area contributed by atoms with Crippen molar-refractivity contribution < 1.29 is 0 Å². The highest BCUT2D eigenvalue weighted by Crippen LogP contribution is 2.19. The van der Waals surface area contributed by atoms with E-state index in [0.717, 1.165) is 24.8 Å². The van der Waals surface area contributed by atoms with E-state index in [4.69, 9.17) is 5.73 Å². The zero-order valence-corrected chi connectivity index (χ0v) is 11.3. The van der Waals surface area contributed by atoms with E-state index in [0.29, 0.717) is 11.9 Å². The van der Waals surface area contributed by atoms with E-state index in [1.165, 1.54) is 11.5 Å². The van der Waals surface area contributed by atoms with Crippen LogP contribution < -0.4 is 10.6 Å². The first-order chi connectivity index (χ1) is 7.49. The van der Waals surface area contributed by atoms with Crippen molar-refractivity contribution in [1.82, 2.24) is 14.3 Å². The normalized spacial score (nSPS) is 11.4. The lowest BCUT2D eigenvalue weighted by Gasteiger charge is -2.24. The third-order valence-corrected chi connectivity index (χ3v) is 2.90. The van der Waals surface area contributed by atoms with Crippen LogP contribution in [0.5, 0.6) is 0 Å². The van der Waals surface area contributed by atoms with E-state index in [9.17, 15) is 0 Å². The molecular formula is C10H21N5S. The predicted molar refractivity (Wildman–Crippen MR) is 69.9 cm³/mol. The highest BCUT2D eigenvalue weighted by atomic mass is 32.1. The smallest absolute Gasteiger partial charge is 0.233 e. The Kier molecular flexibility index (Phi) is 4.95. The summed E-state index contributed by atoms with van der Waals surface area (Å²) in [6.45, 7) is 7.36. The number of likely N-dealkylation sites (N-methyl/N-ethyl adjacent to an activating group) is 1. The summed E-state index contributed by atoms with van der Waals surface area (Å²) in [5.41, 5.74) is 5.55. The van der Waals surface area contributed by atoms with Crippen LogP contribution in [-0.2, 0) is 0 Å². The van der Waals surface area contributed by atoms with Crippen LogP contribution in [0.1, 0.15) is 13.8 Å². The molecule has 0 aliphatic heterocycles. The first-order valence-electron chi connectivity index (χ1n) is 5.48. The van der Waals surface area contributed by atoms with E-state index in [1.807, 2.05) is 0 Å². The maximum Gasteiger partial charge on any atom is 0.233 e.